The summed E-state index contributed by atoms with van der Waals surface area (Å²) in [7, 11) is 0. The maximum absolute atomic E-state index is 13.7. The van der Waals surface area contributed by atoms with Gasteiger partial charge in [-0.05, 0) is 57.0 Å². The lowest BCUT2D eigenvalue weighted by atomic mass is 10.1. The minimum atomic E-state index is -1.59. The average Bonchev–Trinajstić information content (AvgIpc) is 2.96. The third-order valence-corrected chi connectivity index (χ3v) is 5.89. The molecule has 2 heterocycles. The second-order valence-corrected chi connectivity index (χ2v) is 10.5. The fourth-order valence-corrected chi connectivity index (χ4v) is 3.89. The van der Waals surface area contributed by atoms with E-state index >= 15 is 0 Å². The molecule has 0 atom stereocenters. The van der Waals surface area contributed by atoms with Crippen molar-refractivity contribution in [2.24, 2.45) is 0 Å². The summed E-state index contributed by atoms with van der Waals surface area (Å²) in [4.78, 5) is 45.1. The fraction of sp³-hybridized carbons (Fsp3) is 0.267. The van der Waals surface area contributed by atoms with Crippen molar-refractivity contribution in [2.45, 2.75) is 39.3 Å². The molecular weight excluding hydrogens is 565 g/mol. The van der Waals surface area contributed by atoms with E-state index in [1.54, 1.807) is 45.0 Å². The lowest BCUT2D eigenvalue weighted by molar-refractivity contribution is 0.0527. The highest BCUT2D eigenvalue weighted by Crippen LogP contribution is 2.22. The zero-order valence-electron chi connectivity index (χ0n) is 23.7. The molecule has 2 amide bonds. The van der Waals surface area contributed by atoms with E-state index < -0.39 is 34.7 Å². The van der Waals surface area contributed by atoms with Crippen LogP contribution in [0.2, 0.25) is 0 Å². The molecule has 0 saturated carbocycles. The first-order valence-electron chi connectivity index (χ1n) is 13.3. The largest absolute Gasteiger partial charge is 0.444 e. The molecule has 2 N–H and O–H groups in total. The summed E-state index contributed by atoms with van der Waals surface area (Å²) in [5, 5.41) is 9.54. The Morgan fingerprint density at radius 1 is 0.907 bits per heavy atom. The molecule has 2 aromatic carbocycles. The number of nitrogens with zero attached hydrogens (tertiary/aromatic N) is 4. The van der Waals surface area contributed by atoms with Crippen LogP contribution < -0.4 is 16.2 Å². The molecule has 0 bridgehead atoms. The Labute approximate surface area is 245 Å². The molecule has 2 aromatic heterocycles. The van der Waals surface area contributed by atoms with Crippen LogP contribution >= 0.6 is 0 Å². The zero-order chi connectivity index (χ0) is 31.1. The van der Waals surface area contributed by atoms with Gasteiger partial charge in [0.15, 0.2) is 23.3 Å². The molecule has 0 fully saturated rings. The molecule has 224 valence electrons. The molecule has 0 aliphatic heterocycles. The number of nitrogens with one attached hydrogen (secondary N) is 2. The predicted molar refractivity (Wildman–Crippen MR) is 152 cm³/mol. The summed E-state index contributed by atoms with van der Waals surface area (Å²) >= 11 is 0. The number of amides is 2. The van der Waals surface area contributed by atoms with Gasteiger partial charge in [-0.15, -0.1) is 0 Å². The number of aromatic nitrogens is 4. The molecule has 43 heavy (non-hydrogen) atoms. The van der Waals surface area contributed by atoms with Gasteiger partial charge in [-0.1, -0.05) is 18.2 Å². The van der Waals surface area contributed by atoms with Crippen molar-refractivity contribution < 1.29 is 27.5 Å². The summed E-state index contributed by atoms with van der Waals surface area (Å²) in [5.74, 6) is -4.35. The third kappa shape index (κ3) is 8.47. The first-order valence-corrected chi connectivity index (χ1v) is 13.3. The van der Waals surface area contributed by atoms with E-state index in [0.29, 0.717) is 36.5 Å². The van der Waals surface area contributed by atoms with Gasteiger partial charge >= 0.3 is 6.09 Å². The number of rotatable bonds is 9. The second kappa shape index (κ2) is 13.3. The van der Waals surface area contributed by atoms with Crippen LogP contribution in [-0.2, 0) is 11.3 Å². The van der Waals surface area contributed by atoms with Crippen LogP contribution in [-0.4, -0.2) is 50.4 Å². The number of hydrogen-bond acceptors (Lipinski definition) is 7. The van der Waals surface area contributed by atoms with Gasteiger partial charge in [0.2, 0.25) is 0 Å². The Hall–Kier alpha value is -5.07. The Balaban J connectivity index is 1.37. The molecule has 0 aliphatic rings. The summed E-state index contributed by atoms with van der Waals surface area (Å²) in [6, 6.07) is 11.1. The summed E-state index contributed by atoms with van der Waals surface area (Å²) < 4.78 is 47.1. The van der Waals surface area contributed by atoms with E-state index in [0.717, 1.165) is 16.8 Å². The molecule has 4 aromatic rings. The quantitative estimate of drug-likeness (QED) is 0.216. The van der Waals surface area contributed by atoms with Crippen molar-refractivity contribution in [1.82, 2.24) is 30.4 Å². The highest BCUT2D eigenvalue weighted by molar-refractivity contribution is 5.93. The Kier molecular flexibility index (Phi) is 9.53. The predicted octanol–water partition coefficient (Wildman–Crippen LogP) is 4.48. The molecule has 0 saturated heterocycles. The topological polar surface area (TPSA) is 128 Å². The fourth-order valence-electron chi connectivity index (χ4n) is 3.89. The highest BCUT2D eigenvalue weighted by Gasteiger charge is 2.16. The van der Waals surface area contributed by atoms with Crippen LogP contribution in [0.1, 0.15) is 43.1 Å². The highest BCUT2D eigenvalue weighted by atomic mass is 19.2. The number of halogens is 3. The van der Waals surface area contributed by atoms with Gasteiger partial charge in [-0.25, -0.2) is 32.6 Å². The van der Waals surface area contributed by atoms with Gasteiger partial charge in [0.25, 0.3) is 11.5 Å². The van der Waals surface area contributed by atoms with Crippen molar-refractivity contribution >= 4 is 12.0 Å². The first kappa shape index (κ1) is 30.9. The van der Waals surface area contributed by atoms with Gasteiger partial charge in [-0.2, -0.15) is 5.10 Å². The summed E-state index contributed by atoms with van der Waals surface area (Å²) in [5.41, 5.74) is 0.548. The summed E-state index contributed by atoms with van der Waals surface area (Å²) in [6.45, 7) is 5.98. The normalized spacial score (nSPS) is 11.2. The monoisotopic (exact) mass is 594 g/mol. The standard InChI is InChI=1S/C30H29F3N6O4/c1-30(2,3)43-29(42)35-11-5-10-34-28(41)21-15-36-27(37-16-21)19-7-4-6-18(12-19)17-39-25(40)9-8-24(38-39)20-13-22(31)26(33)23(32)14-20/h4,6-9,12-16H,5,10-11,17H2,1-3H3,(H,34,41)(H,35,42). The molecule has 0 radical (unpaired) electrons. The second-order valence-electron chi connectivity index (χ2n) is 10.5. The van der Waals surface area contributed by atoms with Crippen molar-refractivity contribution in [2.75, 3.05) is 13.1 Å². The van der Waals surface area contributed by atoms with Crippen molar-refractivity contribution in [1.29, 1.82) is 0 Å². The third-order valence-electron chi connectivity index (χ3n) is 5.89. The molecule has 0 aliphatic carbocycles. The number of alkyl carbamates (subject to hydrolysis) is 1. The first-order chi connectivity index (χ1) is 20.4. The Morgan fingerprint density at radius 3 is 2.26 bits per heavy atom. The maximum atomic E-state index is 13.7. The minimum absolute atomic E-state index is 0.0195. The minimum Gasteiger partial charge on any atom is -0.444 e. The molecule has 13 heteroatoms. The van der Waals surface area contributed by atoms with Crippen LogP contribution in [0.15, 0.2) is 65.7 Å². The molecular formula is C30H29F3N6O4. The average molecular weight is 595 g/mol. The van der Waals surface area contributed by atoms with Crippen LogP contribution in [0.25, 0.3) is 22.6 Å². The molecule has 4 rings (SSSR count). The zero-order valence-corrected chi connectivity index (χ0v) is 23.7. The van der Waals surface area contributed by atoms with Crippen LogP contribution in [0.4, 0.5) is 18.0 Å². The SMILES string of the molecule is CC(C)(C)OC(=O)NCCCNC(=O)c1cnc(-c2cccc(Cn3nc(-c4cc(F)c(F)c(F)c4)ccc3=O)c2)nc1. The number of benzene rings is 2. The van der Waals surface area contributed by atoms with E-state index in [2.05, 4.69) is 25.7 Å². The van der Waals surface area contributed by atoms with Gasteiger partial charge < -0.3 is 15.4 Å². The van der Waals surface area contributed by atoms with E-state index in [4.69, 9.17) is 4.74 Å². The van der Waals surface area contributed by atoms with Gasteiger partial charge in [0.1, 0.15) is 5.60 Å². The van der Waals surface area contributed by atoms with Gasteiger partial charge in [-0.3, -0.25) is 9.59 Å². The van der Waals surface area contributed by atoms with Crippen LogP contribution in [0.3, 0.4) is 0 Å². The lowest BCUT2D eigenvalue weighted by Gasteiger charge is -2.19. The summed E-state index contributed by atoms with van der Waals surface area (Å²) in [6.07, 6.45) is 2.75. The number of ether oxygens (including phenoxy) is 1. The number of carbonyl (C=O) groups is 2. The van der Waals surface area contributed by atoms with E-state index in [1.165, 1.54) is 24.5 Å². The lowest BCUT2D eigenvalue weighted by Crippen LogP contribution is -2.34. The van der Waals surface area contributed by atoms with Crippen LogP contribution in [0.5, 0.6) is 0 Å². The van der Waals surface area contributed by atoms with Gasteiger partial charge in [0.05, 0.1) is 17.8 Å². The smallest absolute Gasteiger partial charge is 0.407 e. The molecule has 0 spiro atoms. The molecule has 10 nitrogen and oxygen atoms in total. The number of carbonyl (C=O) groups excluding carboxylic acids is 2. The van der Waals surface area contributed by atoms with E-state index in [9.17, 15) is 27.6 Å². The molecule has 0 unspecified atom stereocenters. The Bertz CT molecular complexity index is 1660. The van der Waals surface area contributed by atoms with E-state index in [1.807, 2.05) is 0 Å². The van der Waals surface area contributed by atoms with Crippen LogP contribution in [0, 0.1) is 17.5 Å². The van der Waals surface area contributed by atoms with Crippen molar-refractivity contribution in [3.05, 3.63) is 99.9 Å². The van der Waals surface area contributed by atoms with Crippen molar-refractivity contribution in [3.63, 3.8) is 0 Å². The Morgan fingerprint density at radius 2 is 1.58 bits per heavy atom. The maximum Gasteiger partial charge on any atom is 0.407 e. The number of hydrogen-bond donors (Lipinski definition) is 2. The van der Waals surface area contributed by atoms with Gasteiger partial charge in [0, 0.05) is 42.7 Å². The van der Waals surface area contributed by atoms with Crippen molar-refractivity contribution in [3.8, 4) is 22.6 Å². The van der Waals surface area contributed by atoms with E-state index in [-0.39, 0.29) is 29.3 Å².